The summed E-state index contributed by atoms with van der Waals surface area (Å²) >= 11 is 0. The molecule has 6 N–H and O–H groups in total. The van der Waals surface area contributed by atoms with E-state index >= 15 is 0 Å². The van der Waals surface area contributed by atoms with Gasteiger partial charge in [0, 0.05) is 5.56 Å². The maximum Gasteiger partial charge on any atom is 0.440 e. The van der Waals surface area contributed by atoms with E-state index in [1.807, 2.05) is 0 Å². The Kier molecular flexibility index (Phi) is 2.89. The highest BCUT2D eigenvalue weighted by molar-refractivity contribution is 7.66. The van der Waals surface area contributed by atoms with Crippen molar-refractivity contribution in [2.45, 2.75) is 5.97 Å². The monoisotopic (exact) mass is 221 g/mol. The zero-order valence-electron chi connectivity index (χ0n) is 6.94. The molecule has 0 saturated carbocycles. The molecule has 0 aliphatic heterocycles. The zero-order valence-corrected chi connectivity index (χ0v) is 7.83. The van der Waals surface area contributed by atoms with Gasteiger partial charge < -0.3 is 15.3 Å². The molecule has 0 aromatic heterocycles. The van der Waals surface area contributed by atoms with Gasteiger partial charge in [0.25, 0.3) is 0 Å². The van der Waals surface area contributed by atoms with E-state index in [2.05, 4.69) is 0 Å². The number of hydrogen-bond acceptors (Lipinski definition) is 6. The van der Waals surface area contributed by atoms with Crippen LogP contribution >= 0.6 is 7.94 Å². The van der Waals surface area contributed by atoms with Gasteiger partial charge in [-0.25, -0.2) is 0 Å². The first kappa shape index (κ1) is 11.5. The second-order valence-electron chi connectivity index (χ2n) is 2.75. The van der Waals surface area contributed by atoms with Gasteiger partial charge in [-0.3, -0.25) is 0 Å². The lowest BCUT2D eigenvalue weighted by Crippen LogP contribution is -2.25. The highest BCUT2D eigenvalue weighted by atomic mass is 31.2. The van der Waals surface area contributed by atoms with Crippen molar-refractivity contribution >= 4 is 13.2 Å². The van der Waals surface area contributed by atoms with E-state index in [1.54, 1.807) is 0 Å². The van der Waals surface area contributed by atoms with E-state index in [9.17, 15) is 0 Å². The number of benzene rings is 1. The minimum absolute atomic E-state index is 0.281. The van der Waals surface area contributed by atoms with Gasteiger partial charge in [-0.1, -0.05) is 12.1 Å². The molecule has 14 heavy (non-hydrogen) atoms. The molecule has 0 atom stereocenters. The highest BCUT2D eigenvalue weighted by Crippen LogP contribution is 2.43. The molecule has 0 bridgehead atoms. The van der Waals surface area contributed by atoms with E-state index < -0.39 is 13.9 Å². The van der Waals surface area contributed by atoms with Crippen LogP contribution in [0, 0.1) is 0 Å². The first-order valence-electron chi connectivity index (χ1n) is 3.57. The van der Waals surface area contributed by atoms with Crippen molar-refractivity contribution in [3.05, 3.63) is 29.8 Å². The van der Waals surface area contributed by atoms with E-state index in [4.69, 9.17) is 30.0 Å². The normalized spacial score (nSPS) is 13.0. The van der Waals surface area contributed by atoms with Gasteiger partial charge in [-0.15, -0.1) is 0 Å². The zero-order chi connectivity index (χ0) is 11.0. The van der Waals surface area contributed by atoms with Crippen molar-refractivity contribution < 1.29 is 30.0 Å². The highest BCUT2D eigenvalue weighted by Gasteiger charge is 2.35. The number of hydrogen-bond donors (Lipinski definition) is 6. The Labute approximate surface area is 79.9 Å². The fourth-order valence-corrected chi connectivity index (χ4v) is 1.50. The third-order valence-electron chi connectivity index (χ3n) is 1.58. The van der Waals surface area contributed by atoms with Gasteiger partial charge in [-0.2, -0.15) is 14.7 Å². The Morgan fingerprint density at radius 1 is 1.00 bits per heavy atom. The minimum atomic E-state index is -4.20. The van der Waals surface area contributed by atoms with Crippen LogP contribution in [0.25, 0.3) is 0 Å². The van der Waals surface area contributed by atoms with E-state index in [1.165, 1.54) is 12.1 Å². The molecular weight excluding hydrogens is 211 g/mol. The summed E-state index contributed by atoms with van der Waals surface area (Å²) in [6.45, 7) is 0. The minimum Gasteiger partial charge on any atom is -0.340 e. The van der Waals surface area contributed by atoms with Crippen molar-refractivity contribution in [1.82, 2.24) is 0 Å². The third kappa shape index (κ3) is 2.70. The average Bonchev–Trinajstić information content (AvgIpc) is 2.01. The Morgan fingerprint density at radius 3 is 2.00 bits per heavy atom. The first-order valence-corrected chi connectivity index (χ1v) is 5.21. The van der Waals surface area contributed by atoms with Crippen molar-refractivity contribution in [3.8, 4) is 0 Å². The van der Waals surface area contributed by atoms with Crippen LogP contribution in [-0.2, 0) is 5.97 Å². The summed E-state index contributed by atoms with van der Waals surface area (Å²) in [7, 11) is -4.20. The molecule has 0 spiro atoms. The van der Waals surface area contributed by atoms with Crippen molar-refractivity contribution in [1.29, 1.82) is 0 Å². The topological polar surface area (TPSA) is 121 Å². The van der Waals surface area contributed by atoms with E-state index in [0.29, 0.717) is 0 Å². The lowest BCUT2D eigenvalue weighted by molar-refractivity contribution is -0.323. The molecule has 0 fully saturated rings. The fraction of sp³-hybridized carbons (Fsp3) is 0.143. The summed E-state index contributed by atoms with van der Waals surface area (Å²) in [4.78, 5) is 26.6. The first-order chi connectivity index (χ1) is 6.21. The molecule has 0 saturated heterocycles. The third-order valence-corrected chi connectivity index (χ3v) is 2.55. The Morgan fingerprint density at radius 2 is 1.57 bits per heavy atom. The summed E-state index contributed by atoms with van der Waals surface area (Å²) in [5.41, 5.74) is -0.364. The standard InChI is InChI=1S/C7H10O6P/c8-7(9,10)5-2-1-3-6(4-5)14(11,12)13/h1-4,8-13H/q+1. The Balaban J connectivity index is 3.15. The molecule has 1 aromatic rings. The molecule has 0 amide bonds. The molecule has 7 heteroatoms. The Hall–Kier alpha value is -0.590. The molecule has 0 aliphatic rings. The number of rotatable bonds is 2. The van der Waals surface area contributed by atoms with Crippen LogP contribution in [0.15, 0.2) is 24.3 Å². The quantitative estimate of drug-likeness (QED) is 0.257. The van der Waals surface area contributed by atoms with Crippen LogP contribution in [0.5, 0.6) is 0 Å². The lowest BCUT2D eigenvalue weighted by atomic mass is 10.2. The number of aliphatic hydroxyl groups is 3. The van der Waals surface area contributed by atoms with Gasteiger partial charge in [0.05, 0.1) is 0 Å². The van der Waals surface area contributed by atoms with Crippen molar-refractivity contribution in [2.24, 2.45) is 0 Å². The largest absolute Gasteiger partial charge is 0.440 e. The molecular formula is C7H10O6P+. The molecule has 78 valence electrons. The van der Waals surface area contributed by atoms with Gasteiger partial charge in [0.15, 0.2) is 5.30 Å². The van der Waals surface area contributed by atoms with E-state index in [0.717, 1.165) is 12.1 Å². The molecule has 0 radical (unpaired) electrons. The van der Waals surface area contributed by atoms with Gasteiger partial charge in [0.2, 0.25) is 0 Å². The van der Waals surface area contributed by atoms with Gasteiger partial charge in [0.1, 0.15) is 0 Å². The summed E-state index contributed by atoms with van der Waals surface area (Å²) in [6, 6.07) is 4.45. The predicted molar refractivity (Wildman–Crippen MR) is 48.0 cm³/mol. The van der Waals surface area contributed by atoms with Crippen LogP contribution < -0.4 is 5.30 Å². The van der Waals surface area contributed by atoms with Gasteiger partial charge in [-0.05, 0) is 12.1 Å². The predicted octanol–water partition coefficient (Wildman–Crippen LogP) is -1.86. The van der Waals surface area contributed by atoms with Crippen LogP contribution in [0.3, 0.4) is 0 Å². The fourth-order valence-electron chi connectivity index (χ4n) is 0.901. The summed E-state index contributed by atoms with van der Waals surface area (Å²) in [5.74, 6) is -3.06. The SMILES string of the molecule is OC(O)(O)c1cccc([P+](O)(O)O)c1. The summed E-state index contributed by atoms with van der Waals surface area (Å²) in [6.07, 6.45) is 0. The van der Waals surface area contributed by atoms with Crippen molar-refractivity contribution in [3.63, 3.8) is 0 Å². The maximum atomic E-state index is 8.86. The molecule has 6 nitrogen and oxygen atoms in total. The molecule has 1 aromatic carbocycles. The van der Waals surface area contributed by atoms with Crippen LogP contribution in [0.1, 0.15) is 5.56 Å². The van der Waals surface area contributed by atoms with E-state index in [-0.39, 0.29) is 10.9 Å². The Bertz CT molecular complexity index is 296. The van der Waals surface area contributed by atoms with Crippen molar-refractivity contribution in [2.75, 3.05) is 0 Å². The second kappa shape index (κ2) is 3.52. The smallest absolute Gasteiger partial charge is 0.340 e. The molecule has 0 unspecified atom stereocenters. The molecule has 0 aliphatic carbocycles. The lowest BCUT2D eigenvalue weighted by Gasteiger charge is -2.14. The second-order valence-corrected chi connectivity index (χ2v) is 4.41. The molecule has 0 heterocycles. The molecule has 1 rings (SSSR count). The van der Waals surface area contributed by atoms with Crippen LogP contribution in [0.2, 0.25) is 0 Å². The average molecular weight is 221 g/mol. The van der Waals surface area contributed by atoms with Crippen LogP contribution in [0.4, 0.5) is 0 Å². The van der Waals surface area contributed by atoms with Gasteiger partial charge >= 0.3 is 13.9 Å². The summed E-state index contributed by atoms with van der Waals surface area (Å²) in [5, 5.41) is 26.0. The summed E-state index contributed by atoms with van der Waals surface area (Å²) < 4.78 is 0. The van der Waals surface area contributed by atoms with Crippen LogP contribution in [-0.4, -0.2) is 30.0 Å². The maximum absolute atomic E-state index is 8.86.